The molecule has 0 aliphatic heterocycles. The molecule has 7 nitrogen and oxygen atoms in total. The lowest BCUT2D eigenvalue weighted by Gasteiger charge is -2.13. The van der Waals surface area contributed by atoms with Gasteiger partial charge in [-0.1, -0.05) is 0 Å². The Kier molecular flexibility index (Phi) is 1.72. The Labute approximate surface area is 163 Å². The molecule has 0 saturated heterocycles. The van der Waals surface area contributed by atoms with Gasteiger partial charge in [0.15, 0.2) is 12.8 Å². The van der Waals surface area contributed by atoms with Crippen LogP contribution in [0.5, 0.6) is 11.6 Å². The lowest BCUT2D eigenvalue weighted by Crippen LogP contribution is -2.10. The largest absolute Gasteiger partial charge is 0.609 e. The summed E-state index contributed by atoms with van der Waals surface area (Å²) in [4.78, 5) is 11.1. The number of rotatable bonds is 5. The third-order valence-electron chi connectivity index (χ3n) is 2.74. The van der Waals surface area contributed by atoms with Gasteiger partial charge < -0.3 is 14.0 Å². The zero-order valence-electron chi connectivity index (χ0n) is 26.9. The van der Waals surface area contributed by atoms with E-state index in [1.165, 1.54) is 0 Å². The van der Waals surface area contributed by atoms with Gasteiger partial charge in [0.05, 0.1) is 36.3 Å². The van der Waals surface area contributed by atoms with Crippen LogP contribution in [-0.4, -0.2) is 38.6 Å². The van der Waals surface area contributed by atoms with Gasteiger partial charge >= 0.3 is 5.16 Å². The van der Waals surface area contributed by atoms with E-state index in [0.29, 0.717) is 0 Å². The molecular weight excluding hydrogens is 328 g/mol. The number of hydrogen-bond acceptors (Lipinski definition) is 6. The molecule has 0 fully saturated rings. The third kappa shape index (κ3) is 3.02. The Hall–Kier alpha value is -2.32. The molecule has 3 heterocycles. The summed E-state index contributed by atoms with van der Waals surface area (Å²) in [6, 6.07) is -1.67. The van der Waals surface area contributed by atoms with E-state index >= 15 is 0 Å². The molecule has 24 heavy (non-hydrogen) atoms. The molecule has 0 aliphatic rings. The van der Waals surface area contributed by atoms with Crippen molar-refractivity contribution in [2.24, 2.45) is 0 Å². The van der Waals surface area contributed by atoms with Crippen molar-refractivity contribution in [3.8, 4) is 11.6 Å². The molecule has 0 aliphatic carbocycles. The number of imidazole rings is 1. The number of hydrogen-bond donors (Lipinski definition) is 1. The minimum atomic E-state index is -3.36. The van der Waals surface area contributed by atoms with E-state index in [2.05, 4.69) is 19.7 Å². The van der Waals surface area contributed by atoms with E-state index in [9.17, 15) is 4.55 Å². The average molecular weight is 362 g/mol. The summed E-state index contributed by atoms with van der Waals surface area (Å²) in [7, 11) is -2.17. The zero-order chi connectivity index (χ0) is 30.0. The standard InChI is InChI=1S/C16H18N4O3S/c1-9-7-17-12(10(2)14(9)23-4)8-24(21)16-18-11-5-6-13(22-3)19-15(11)20-16/h5-7H,8H2,1-4H3,(H,18,19,20)/i1D3,2D3,3D3,5D,6D,7D,8D2/hD. The van der Waals surface area contributed by atoms with E-state index in [1.54, 1.807) is 0 Å². The van der Waals surface area contributed by atoms with Gasteiger partial charge in [-0.15, -0.1) is 0 Å². The van der Waals surface area contributed by atoms with E-state index < -0.39 is 101 Å². The van der Waals surface area contributed by atoms with Gasteiger partial charge in [-0.3, -0.25) is 9.96 Å². The lowest BCUT2D eigenvalue weighted by molar-refractivity contribution is 0.399. The fraction of sp³-hybridized carbons (Fsp3) is 0.312. The van der Waals surface area contributed by atoms with Crippen LogP contribution < -0.4 is 9.47 Å². The maximum absolute atomic E-state index is 13.5. The molecular formula is C16H18N4O3S. The number of aromatic amines is 1. The summed E-state index contributed by atoms with van der Waals surface area (Å²) in [6.45, 7) is -6.37. The Balaban J connectivity index is 2.30. The van der Waals surface area contributed by atoms with Crippen molar-refractivity contribution in [1.82, 2.24) is 19.9 Å². The number of nitrogens with zero attached hydrogens (tertiary/aromatic N) is 3. The van der Waals surface area contributed by atoms with Crippen LogP contribution in [0.25, 0.3) is 11.2 Å². The molecule has 1 unspecified atom stereocenters. The summed E-state index contributed by atoms with van der Waals surface area (Å²) in [5, 5.41) is -0.954. The first-order valence-electron chi connectivity index (χ1n) is 13.6. The molecule has 1 N–H and O–H groups in total. The SMILES string of the molecule is [2H]c1nc(C([2H])([2H])[S+]([O-])c2nc3nc(OC([2H])([2H])[2H])c([2H])c([2H])c3n2[2H])c(C([2H])([2H])[2H])c(OC)c1C([2H])([2H])[2H]. The molecule has 8 heteroatoms. The smallest absolute Gasteiger partial charge is 0.323 e. The summed E-state index contributed by atoms with van der Waals surface area (Å²) in [5.41, 5.74) is -7.66. The van der Waals surface area contributed by atoms with Crippen molar-refractivity contribution in [2.45, 2.75) is 24.6 Å². The van der Waals surface area contributed by atoms with Gasteiger partial charge in [-0.25, -0.2) is 0 Å². The fourth-order valence-corrected chi connectivity index (χ4v) is 2.46. The summed E-state index contributed by atoms with van der Waals surface area (Å²) in [5.74, 6) is -1.74. The Morgan fingerprint density at radius 2 is 2.33 bits per heavy atom. The van der Waals surface area contributed by atoms with E-state index in [0.717, 1.165) is 7.11 Å². The molecule has 1 atom stereocenters. The second-order valence-corrected chi connectivity index (χ2v) is 5.28. The summed E-state index contributed by atoms with van der Waals surface area (Å²) < 4.78 is 140. The molecule has 0 aromatic carbocycles. The number of nitrogens with one attached hydrogen (secondary N) is 1. The molecule has 0 spiro atoms. The second-order valence-electron chi connectivity index (χ2n) is 4.17. The highest BCUT2D eigenvalue weighted by Gasteiger charge is 2.21. The van der Waals surface area contributed by atoms with E-state index in [-0.39, 0.29) is 4.98 Å². The van der Waals surface area contributed by atoms with Crippen LogP contribution in [0, 0.1) is 13.7 Å². The number of methoxy groups -OCH3 is 2. The van der Waals surface area contributed by atoms with Crippen molar-refractivity contribution >= 4 is 22.3 Å². The lowest BCUT2D eigenvalue weighted by atomic mass is 10.1. The Morgan fingerprint density at radius 1 is 1.42 bits per heavy atom. The van der Waals surface area contributed by atoms with Gasteiger partial charge in [0.1, 0.15) is 5.75 Å². The quantitative estimate of drug-likeness (QED) is 0.701. The molecule has 3 aromatic heterocycles. The molecule has 0 radical (unpaired) electrons. The normalized spacial score (nSPS) is 23.7. The van der Waals surface area contributed by atoms with Crippen molar-refractivity contribution in [1.29, 1.82) is 0 Å². The van der Waals surface area contributed by atoms with Crippen molar-refractivity contribution in [2.75, 3.05) is 14.1 Å². The molecule has 3 aromatic rings. The van der Waals surface area contributed by atoms with Crippen LogP contribution in [0.15, 0.2) is 23.4 Å². The maximum Gasteiger partial charge on any atom is 0.323 e. The monoisotopic (exact) mass is 361 g/mol. The van der Waals surface area contributed by atoms with Crippen LogP contribution in [-0.2, 0) is 16.9 Å². The zero-order valence-corrected chi connectivity index (χ0v) is 12.7. The molecule has 0 bridgehead atoms. The van der Waals surface area contributed by atoms with E-state index in [1.807, 2.05) is 0 Å². The van der Waals surface area contributed by atoms with Crippen LogP contribution >= 0.6 is 0 Å². The molecule has 126 valence electrons. The number of H-pyrrole nitrogens is 1. The van der Waals surface area contributed by atoms with Crippen LogP contribution in [0.2, 0.25) is 1.41 Å². The van der Waals surface area contributed by atoms with Gasteiger partial charge in [0.25, 0.3) is 0 Å². The number of fused-ring (bicyclic) bond motifs is 1. The number of pyridine rings is 2. The van der Waals surface area contributed by atoms with Gasteiger partial charge in [0, 0.05) is 42.7 Å². The average Bonchev–Trinajstić information content (AvgIpc) is 3.08. The van der Waals surface area contributed by atoms with Crippen molar-refractivity contribution in [3.05, 3.63) is 35.1 Å². The summed E-state index contributed by atoms with van der Waals surface area (Å²) in [6.07, 6.45) is -1.07. The molecule has 0 amide bonds. The maximum atomic E-state index is 13.5. The predicted molar refractivity (Wildman–Crippen MR) is 90.8 cm³/mol. The minimum Gasteiger partial charge on any atom is -0.609 e. The van der Waals surface area contributed by atoms with Crippen LogP contribution in [0.4, 0.5) is 0 Å². The van der Waals surface area contributed by atoms with Crippen molar-refractivity contribution in [3.63, 3.8) is 0 Å². The summed E-state index contributed by atoms with van der Waals surface area (Å²) >= 11 is -3.15. The Morgan fingerprint density at radius 3 is 3.08 bits per heavy atom. The molecule has 3 rings (SSSR count). The third-order valence-corrected chi connectivity index (χ3v) is 3.64. The Bertz CT molecular complexity index is 1430. The van der Waals surface area contributed by atoms with Crippen LogP contribution in [0.1, 0.15) is 36.0 Å². The predicted octanol–water partition coefficient (Wildman–Crippen LogP) is 2.29. The second kappa shape index (κ2) is 6.66. The first-order chi connectivity index (χ1) is 17.5. The highest BCUT2D eigenvalue weighted by atomic mass is 32.2. The highest BCUT2D eigenvalue weighted by molar-refractivity contribution is 7.90. The van der Waals surface area contributed by atoms with Gasteiger partial charge in [-0.2, -0.15) is 9.97 Å². The van der Waals surface area contributed by atoms with Gasteiger partial charge in [-0.05, 0) is 19.7 Å². The number of ether oxygens (including phenoxy) is 2. The fourth-order valence-electron chi connectivity index (χ4n) is 1.71. The van der Waals surface area contributed by atoms with Gasteiger partial charge in [0.2, 0.25) is 5.88 Å². The minimum absolute atomic E-state index is 0.195. The molecule has 0 saturated carbocycles. The van der Waals surface area contributed by atoms with E-state index in [4.69, 9.17) is 25.3 Å². The topological polar surface area (TPSA) is 96.0 Å². The van der Waals surface area contributed by atoms with Crippen molar-refractivity contribution < 1.29 is 34.6 Å². The highest BCUT2D eigenvalue weighted by Crippen LogP contribution is 2.26. The first-order valence-corrected chi connectivity index (χ1v) is 7.28. The first kappa shape index (κ1) is 6.20. The number of aromatic nitrogens is 4. The van der Waals surface area contributed by atoms with Crippen LogP contribution in [0.3, 0.4) is 0 Å².